The van der Waals surface area contributed by atoms with E-state index in [-0.39, 0.29) is 11.5 Å². The van der Waals surface area contributed by atoms with Crippen LogP contribution >= 0.6 is 0 Å². The number of hydrogen-bond acceptors (Lipinski definition) is 3. The lowest BCUT2D eigenvalue weighted by Gasteiger charge is -2.52. The van der Waals surface area contributed by atoms with E-state index in [2.05, 4.69) is 11.6 Å². The van der Waals surface area contributed by atoms with Crippen LogP contribution in [0.25, 0.3) is 0 Å². The first-order valence-electron chi connectivity index (χ1n) is 9.31. The number of aliphatic hydroxyl groups excluding tert-OH is 1. The largest absolute Gasteiger partial charge is 0.393 e. The number of fused-ring (bicyclic) bond motifs is 3. The Labute approximate surface area is 148 Å². The van der Waals surface area contributed by atoms with Gasteiger partial charge in [0.1, 0.15) is 0 Å². The quantitative estimate of drug-likeness (QED) is 0.705. The van der Waals surface area contributed by atoms with E-state index in [1.54, 1.807) is 6.07 Å². The summed E-state index contributed by atoms with van der Waals surface area (Å²) in [6.45, 7) is 2.32. The number of rotatable bonds is 2. The summed E-state index contributed by atoms with van der Waals surface area (Å²) >= 11 is 0. The summed E-state index contributed by atoms with van der Waals surface area (Å²) in [6.07, 6.45) is 6.35. The Morgan fingerprint density at radius 3 is 2.84 bits per heavy atom. The highest BCUT2D eigenvalue weighted by Gasteiger charge is 2.76. The van der Waals surface area contributed by atoms with Crippen molar-refractivity contribution in [1.29, 1.82) is 0 Å². The SMILES string of the molecule is C[C@]12CC[C@@H]3c4ccc(NS(=O)(=O)O)cc4CC[C@H]3[C@@]13C[C@H]3C[C@H]2O. The number of nitrogens with one attached hydrogen (secondary N) is 1. The van der Waals surface area contributed by atoms with Gasteiger partial charge in [-0.15, -0.1) is 0 Å². The first-order valence-corrected chi connectivity index (χ1v) is 10.7. The third kappa shape index (κ3) is 2.04. The molecule has 0 unspecified atom stereocenters. The van der Waals surface area contributed by atoms with Crippen molar-refractivity contribution in [3.8, 4) is 0 Å². The Bertz CT molecular complexity index is 853. The molecule has 5 rings (SSSR count). The fourth-order valence-corrected chi connectivity index (χ4v) is 7.44. The van der Waals surface area contributed by atoms with Gasteiger partial charge < -0.3 is 5.11 Å². The molecule has 3 saturated carbocycles. The van der Waals surface area contributed by atoms with Crippen molar-refractivity contribution in [2.24, 2.45) is 22.7 Å². The van der Waals surface area contributed by atoms with E-state index in [0.717, 1.165) is 32.1 Å². The van der Waals surface area contributed by atoms with Crippen LogP contribution in [0, 0.1) is 22.7 Å². The summed E-state index contributed by atoms with van der Waals surface area (Å²) in [5.41, 5.74) is 3.40. The van der Waals surface area contributed by atoms with Gasteiger partial charge in [-0.05, 0) is 90.4 Å². The molecule has 0 radical (unpaired) electrons. The number of aryl methyl sites for hydroxylation is 1. The number of anilines is 1. The molecule has 6 heteroatoms. The zero-order valence-electron chi connectivity index (χ0n) is 14.4. The average molecular weight is 363 g/mol. The van der Waals surface area contributed by atoms with Crippen molar-refractivity contribution in [3.63, 3.8) is 0 Å². The van der Waals surface area contributed by atoms with E-state index in [1.165, 1.54) is 17.5 Å². The van der Waals surface area contributed by atoms with Gasteiger partial charge in [0.05, 0.1) is 11.8 Å². The van der Waals surface area contributed by atoms with Crippen LogP contribution in [0.5, 0.6) is 0 Å². The molecule has 4 aliphatic rings. The Balaban J connectivity index is 1.50. The zero-order valence-corrected chi connectivity index (χ0v) is 15.2. The maximum Gasteiger partial charge on any atom is 0.357 e. The molecule has 6 atom stereocenters. The van der Waals surface area contributed by atoms with Crippen molar-refractivity contribution < 1.29 is 18.1 Å². The molecule has 136 valence electrons. The van der Waals surface area contributed by atoms with Gasteiger partial charge in [-0.2, -0.15) is 8.42 Å². The number of benzene rings is 1. The molecule has 0 aliphatic heterocycles. The van der Waals surface area contributed by atoms with Gasteiger partial charge in [-0.1, -0.05) is 13.0 Å². The van der Waals surface area contributed by atoms with Crippen LogP contribution < -0.4 is 4.72 Å². The number of hydrogen-bond donors (Lipinski definition) is 3. The summed E-state index contributed by atoms with van der Waals surface area (Å²) < 4.78 is 33.3. The van der Waals surface area contributed by atoms with Gasteiger partial charge in [-0.3, -0.25) is 9.27 Å². The van der Waals surface area contributed by atoms with E-state index in [9.17, 15) is 13.5 Å². The van der Waals surface area contributed by atoms with Crippen LogP contribution in [0.15, 0.2) is 18.2 Å². The highest BCUT2D eigenvalue weighted by Crippen LogP contribution is 2.81. The molecule has 0 aromatic heterocycles. The van der Waals surface area contributed by atoms with Gasteiger partial charge in [-0.25, -0.2) is 0 Å². The van der Waals surface area contributed by atoms with Crippen molar-refractivity contribution in [1.82, 2.24) is 0 Å². The average Bonchev–Trinajstić information content (AvgIpc) is 3.18. The maximum absolute atomic E-state index is 11.1. The monoisotopic (exact) mass is 363 g/mol. The summed E-state index contributed by atoms with van der Waals surface area (Å²) in [4.78, 5) is 0. The second-order valence-corrected chi connectivity index (χ2v) is 10.0. The Hall–Kier alpha value is -1.11. The smallest absolute Gasteiger partial charge is 0.357 e. The predicted octanol–water partition coefficient (Wildman–Crippen LogP) is 3.12. The first kappa shape index (κ1) is 16.1. The molecule has 0 saturated heterocycles. The normalized spacial score (nSPS) is 44.3. The standard InChI is InChI=1S/C19H25NO4S/c1-18-7-6-15-14-4-3-13(20-25(22,23)24)8-11(14)2-5-16(15)19(18)10-12(19)9-17(18)21/h3-4,8,12,15-17,20-21H,2,5-7,9-10H2,1H3,(H,22,23,24)/t12-,15-,16-,17-,18-,19+/m1/s1. The van der Waals surface area contributed by atoms with Gasteiger partial charge in [0.2, 0.25) is 0 Å². The van der Waals surface area contributed by atoms with E-state index in [1.807, 2.05) is 12.1 Å². The minimum atomic E-state index is -4.23. The predicted molar refractivity (Wildman–Crippen MR) is 94.7 cm³/mol. The molecule has 3 N–H and O–H groups in total. The van der Waals surface area contributed by atoms with Crippen LogP contribution in [0.3, 0.4) is 0 Å². The second-order valence-electron chi connectivity index (χ2n) is 8.89. The van der Waals surface area contributed by atoms with Crippen molar-refractivity contribution in [2.45, 2.75) is 57.5 Å². The number of aliphatic hydroxyl groups is 1. The molecule has 5 nitrogen and oxygen atoms in total. The summed E-state index contributed by atoms with van der Waals surface area (Å²) in [5.74, 6) is 1.86. The first-order chi connectivity index (χ1) is 11.7. The molecule has 4 aliphatic carbocycles. The molecular weight excluding hydrogens is 338 g/mol. The van der Waals surface area contributed by atoms with Gasteiger partial charge in [0, 0.05) is 0 Å². The molecule has 0 heterocycles. The Morgan fingerprint density at radius 2 is 2.08 bits per heavy atom. The van der Waals surface area contributed by atoms with Crippen LogP contribution in [-0.2, 0) is 16.7 Å². The maximum atomic E-state index is 11.1. The highest BCUT2D eigenvalue weighted by molar-refractivity contribution is 7.87. The molecule has 1 aromatic carbocycles. The van der Waals surface area contributed by atoms with Crippen LogP contribution in [-0.4, -0.2) is 24.2 Å². The molecule has 1 spiro atoms. The van der Waals surface area contributed by atoms with Gasteiger partial charge in [0.15, 0.2) is 0 Å². The third-order valence-corrected chi connectivity index (χ3v) is 8.59. The third-order valence-electron chi connectivity index (χ3n) is 8.10. The summed E-state index contributed by atoms with van der Waals surface area (Å²) in [5, 5.41) is 10.6. The van der Waals surface area contributed by atoms with E-state index < -0.39 is 10.3 Å². The van der Waals surface area contributed by atoms with Crippen LogP contribution in [0.4, 0.5) is 5.69 Å². The Morgan fingerprint density at radius 1 is 1.28 bits per heavy atom. The summed E-state index contributed by atoms with van der Waals surface area (Å²) in [7, 11) is -4.23. The highest BCUT2D eigenvalue weighted by atomic mass is 32.2. The lowest BCUT2D eigenvalue weighted by atomic mass is 9.52. The van der Waals surface area contributed by atoms with E-state index in [4.69, 9.17) is 4.55 Å². The minimum absolute atomic E-state index is 0.0861. The van der Waals surface area contributed by atoms with Gasteiger partial charge >= 0.3 is 10.3 Å². The molecule has 0 bridgehead atoms. The topological polar surface area (TPSA) is 86.6 Å². The fraction of sp³-hybridized carbons (Fsp3) is 0.684. The van der Waals surface area contributed by atoms with E-state index in [0.29, 0.717) is 28.9 Å². The van der Waals surface area contributed by atoms with E-state index >= 15 is 0 Å². The van der Waals surface area contributed by atoms with Crippen molar-refractivity contribution in [3.05, 3.63) is 29.3 Å². The summed E-state index contributed by atoms with van der Waals surface area (Å²) in [6, 6.07) is 5.68. The molecule has 0 amide bonds. The zero-order chi connectivity index (χ0) is 17.6. The lowest BCUT2D eigenvalue weighted by Crippen LogP contribution is -2.47. The van der Waals surface area contributed by atoms with Crippen molar-refractivity contribution in [2.75, 3.05) is 4.72 Å². The molecule has 3 fully saturated rings. The molecule has 25 heavy (non-hydrogen) atoms. The van der Waals surface area contributed by atoms with Gasteiger partial charge in [0.25, 0.3) is 0 Å². The minimum Gasteiger partial charge on any atom is -0.393 e. The lowest BCUT2D eigenvalue weighted by molar-refractivity contribution is -0.0558. The molecule has 1 aromatic rings. The van der Waals surface area contributed by atoms with Crippen LogP contribution in [0.2, 0.25) is 0 Å². The Kier molecular flexibility index (Phi) is 3.08. The van der Waals surface area contributed by atoms with Crippen molar-refractivity contribution >= 4 is 16.0 Å². The fourth-order valence-electron chi connectivity index (χ4n) is 7.01. The van der Waals surface area contributed by atoms with Crippen LogP contribution in [0.1, 0.15) is 56.1 Å². The molecular formula is C19H25NO4S. The second kappa shape index (κ2) is 4.78.